The van der Waals surface area contributed by atoms with Gasteiger partial charge in [0.15, 0.2) is 0 Å². The first-order valence-corrected chi connectivity index (χ1v) is 9.88. The smallest absolute Gasteiger partial charge is 0.123 e. The van der Waals surface area contributed by atoms with Crippen molar-refractivity contribution >= 4 is 35.6 Å². The lowest BCUT2D eigenvalue weighted by atomic mass is 10.0. The molecule has 0 amide bonds. The molecule has 29 heavy (non-hydrogen) atoms. The van der Waals surface area contributed by atoms with Gasteiger partial charge in [0, 0.05) is 24.7 Å². The standard InChI is InChI=1S/C24H28N2O.2ClH/c1-27-24-12-11-20-9-5-6-10-22(20)23(24)17-25-21-13-15-26(16-14-21)18-19-7-3-2-4-8-19;;/h2-12,21,25H,13-18H2,1H3;2*1H. The van der Waals surface area contributed by atoms with Crippen molar-refractivity contribution in [1.29, 1.82) is 0 Å². The Labute approximate surface area is 186 Å². The second-order valence-electron chi connectivity index (χ2n) is 7.38. The van der Waals surface area contributed by atoms with E-state index in [1.54, 1.807) is 7.11 Å². The van der Waals surface area contributed by atoms with Crippen LogP contribution in [0, 0.1) is 0 Å². The molecule has 4 rings (SSSR count). The molecule has 1 heterocycles. The van der Waals surface area contributed by atoms with Gasteiger partial charge in [0.05, 0.1) is 7.11 Å². The van der Waals surface area contributed by atoms with Crippen molar-refractivity contribution < 1.29 is 4.74 Å². The number of hydrogen-bond acceptors (Lipinski definition) is 3. The lowest BCUT2D eigenvalue weighted by Crippen LogP contribution is -2.41. The van der Waals surface area contributed by atoms with Crippen molar-refractivity contribution in [2.45, 2.75) is 32.0 Å². The van der Waals surface area contributed by atoms with Gasteiger partial charge in [-0.15, -0.1) is 24.8 Å². The van der Waals surface area contributed by atoms with Crippen LogP contribution in [0.15, 0.2) is 66.7 Å². The number of nitrogens with one attached hydrogen (secondary N) is 1. The van der Waals surface area contributed by atoms with Crippen LogP contribution >= 0.6 is 24.8 Å². The van der Waals surface area contributed by atoms with Crippen molar-refractivity contribution in [3.63, 3.8) is 0 Å². The molecule has 3 aromatic rings. The molecule has 0 atom stereocenters. The molecule has 156 valence electrons. The minimum absolute atomic E-state index is 0. The molecule has 0 aromatic heterocycles. The summed E-state index contributed by atoms with van der Waals surface area (Å²) in [5.74, 6) is 0.975. The van der Waals surface area contributed by atoms with Crippen LogP contribution in [-0.4, -0.2) is 31.1 Å². The number of rotatable bonds is 6. The van der Waals surface area contributed by atoms with E-state index >= 15 is 0 Å². The summed E-state index contributed by atoms with van der Waals surface area (Å²) in [6.45, 7) is 4.22. The summed E-state index contributed by atoms with van der Waals surface area (Å²) in [6, 6.07) is 24.1. The fourth-order valence-electron chi connectivity index (χ4n) is 4.07. The summed E-state index contributed by atoms with van der Waals surface area (Å²) in [7, 11) is 1.76. The van der Waals surface area contributed by atoms with Crippen molar-refractivity contribution in [2.24, 2.45) is 0 Å². The Morgan fingerprint density at radius 1 is 0.897 bits per heavy atom. The molecule has 1 N–H and O–H groups in total. The second kappa shape index (κ2) is 11.4. The molecule has 1 fully saturated rings. The van der Waals surface area contributed by atoms with Gasteiger partial charge in [-0.05, 0) is 48.3 Å². The van der Waals surface area contributed by atoms with Crippen LogP contribution in [0.1, 0.15) is 24.0 Å². The number of ether oxygens (including phenoxy) is 1. The summed E-state index contributed by atoms with van der Waals surface area (Å²) in [5.41, 5.74) is 2.67. The van der Waals surface area contributed by atoms with E-state index < -0.39 is 0 Å². The molecule has 0 radical (unpaired) electrons. The zero-order valence-corrected chi connectivity index (χ0v) is 18.5. The van der Waals surface area contributed by atoms with Gasteiger partial charge in [-0.25, -0.2) is 0 Å². The molecular formula is C24H30Cl2N2O. The molecule has 3 aromatic carbocycles. The number of benzene rings is 3. The Balaban J connectivity index is 0.00000150. The number of likely N-dealkylation sites (tertiary alicyclic amines) is 1. The predicted octanol–water partition coefficient (Wildman–Crippen LogP) is 5.45. The third-order valence-corrected chi connectivity index (χ3v) is 5.62. The lowest BCUT2D eigenvalue weighted by molar-refractivity contribution is 0.190. The van der Waals surface area contributed by atoms with E-state index in [0.717, 1.165) is 31.9 Å². The fourth-order valence-corrected chi connectivity index (χ4v) is 4.07. The highest BCUT2D eigenvalue weighted by molar-refractivity contribution is 5.87. The van der Waals surface area contributed by atoms with E-state index in [-0.39, 0.29) is 24.8 Å². The van der Waals surface area contributed by atoms with E-state index in [0.29, 0.717) is 6.04 Å². The zero-order chi connectivity index (χ0) is 18.5. The highest BCUT2D eigenvalue weighted by atomic mass is 35.5. The van der Waals surface area contributed by atoms with E-state index in [1.165, 1.54) is 34.7 Å². The monoisotopic (exact) mass is 432 g/mol. The summed E-state index contributed by atoms with van der Waals surface area (Å²) in [5, 5.41) is 6.34. The third-order valence-electron chi connectivity index (χ3n) is 5.62. The van der Waals surface area contributed by atoms with Crippen LogP contribution in [0.4, 0.5) is 0 Å². The highest BCUT2D eigenvalue weighted by Gasteiger charge is 2.19. The van der Waals surface area contributed by atoms with E-state index in [2.05, 4.69) is 76.9 Å². The largest absolute Gasteiger partial charge is 0.496 e. The number of halogens is 2. The quantitative estimate of drug-likeness (QED) is 0.560. The Morgan fingerprint density at radius 2 is 1.59 bits per heavy atom. The van der Waals surface area contributed by atoms with Gasteiger partial charge >= 0.3 is 0 Å². The number of fused-ring (bicyclic) bond motifs is 1. The Hall–Kier alpha value is -1.78. The number of nitrogens with zero attached hydrogens (tertiary/aromatic N) is 1. The van der Waals surface area contributed by atoms with Crippen molar-refractivity contribution in [2.75, 3.05) is 20.2 Å². The summed E-state index contributed by atoms with van der Waals surface area (Å²) in [6.07, 6.45) is 2.39. The Bertz CT molecular complexity index is 880. The topological polar surface area (TPSA) is 24.5 Å². The van der Waals surface area contributed by atoms with Gasteiger partial charge in [0.25, 0.3) is 0 Å². The molecule has 1 saturated heterocycles. The molecule has 3 nitrogen and oxygen atoms in total. The van der Waals surface area contributed by atoms with E-state index in [4.69, 9.17) is 4.74 Å². The van der Waals surface area contributed by atoms with Crippen molar-refractivity contribution in [1.82, 2.24) is 10.2 Å². The average Bonchev–Trinajstić information content (AvgIpc) is 2.73. The first kappa shape index (κ1) is 23.5. The second-order valence-corrected chi connectivity index (χ2v) is 7.38. The molecule has 0 bridgehead atoms. The van der Waals surface area contributed by atoms with E-state index in [1.807, 2.05) is 0 Å². The Morgan fingerprint density at radius 3 is 2.31 bits per heavy atom. The van der Waals surface area contributed by atoms with Crippen molar-refractivity contribution in [3.8, 4) is 5.75 Å². The number of methoxy groups -OCH3 is 1. The van der Waals surface area contributed by atoms with Crippen LogP contribution in [0.5, 0.6) is 5.75 Å². The molecule has 1 aliphatic heterocycles. The SMILES string of the molecule is COc1ccc2ccccc2c1CNC1CCN(Cc2ccccc2)CC1.Cl.Cl. The van der Waals surface area contributed by atoms with Gasteiger partial charge in [-0.1, -0.05) is 60.7 Å². The summed E-state index contributed by atoms with van der Waals surface area (Å²) in [4.78, 5) is 2.56. The minimum Gasteiger partial charge on any atom is -0.496 e. The highest BCUT2D eigenvalue weighted by Crippen LogP contribution is 2.28. The predicted molar refractivity (Wildman–Crippen MR) is 127 cm³/mol. The normalized spacial score (nSPS) is 14.8. The first-order chi connectivity index (χ1) is 13.3. The van der Waals surface area contributed by atoms with Gasteiger partial charge in [-0.2, -0.15) is 0 Å². The van der Waals surface area contributed by atoms with Gasteiger partial charge in [0.2, 0.25) is 0 Å². The first-order valence-electron chi connectivity index (χ1n) is 9.88. The molecule has 0 unspecified atom stereocenters. The minimum atomic E-state index is 0. The Kier molecular flexibility index (Phi) is 9.25. The molecule has 0 spiro atoms. The summed E-state index contributed by atoms with van der Waals surface area (Å²) < 4.78 is 5.63. The fraction of sp³-hybridized carbons (Fsp3) is 0.333. The average molecular weight is 433 g/mol. The maximum atomic E-state index is 5.63. The molecule has 5 heteroatoms. The van der Waals surface area contributed by atoms with Crippen molar-refractivity contribution in [3.05, 3.63) is 77.9 Å². The third kappa shape index (κ3) is 5.86. The van der Waals surface area contributed by atoms with Crippen LogP contribution in [0.2, 0.25) is 0 Å². The molecule has 1 aliphatic rings. The van der Waals surface area contributed by atoms with E-state index in [9.17, 15) is 0 Å². The van der Waals surface area contributed by atoms with Crippen LogP contribution in [0.3, 0.4) is 0 Å². The van der Waals surface area contributed by atoms with Crippen LogP contribution in [-0.2, 0) is 13.1 Å². The maximum Gasteiger partial charge on any atom is 0.123 e. The van der Waals surface area contributed by atoms with Gasteiger partial charge in [-0.3, -0.25) is 4.90 Å². The lowest BCUT2D eigenvalue weighted by Gasteiger charge is -2.32. The zero-order valence-electron chi connectivity index (χ0n) is 16.8. The molecule has 0 aliphatic carbocycles. The molecule has 0 saturated carbocycles. The van der Waals surface area contributed by atoms with Gasteiger partial charge < -0.3 is 10.1 Å². The van der Waals surface area contributed by atoms with Crippen LogP contribution < -0.4 is 10.1 Å². The number of hydrogen-bond donors (Lipinski definition) is 1. The van der Waals surface area contributed by atoms with Crippen LogP contribution in [0.25, 0.3) is 10.8 Å². The molecular weight excluding hydrogens is 403 g/mol. The maximum absolute atomic E-state index is 5.63. The summed E-state index contributed by atoms with van der Waals surface area (Å²) >= 11 is 0. The number of piperidine rings is 1. The van der Waals surface area contributed by atoms with Gasteiger partial charge in [0.1, 0.15) is 5.75 Å².